The Bertz CT molecular complexity index is 721. The molecule has 0 unspecified atom stereocenters. The zero-order chi connectivity index (χ0) is 18.4. The Morgan fingerprint density at radius 3 is 2.58 bits per heavy atom. The lowest BCUT2D eigenvalue weighted by Crippen LogP contribution is -2.35. The first-order valence-corrected chi connectivity index (χ1v) is 9.42. The lowest BCUT2D eigenvalue weighted by molar-refractivity contribution is 0.0342. The Morgan fingerprint density at radius 1 is 1.15 bits per heavy atom. The molecule has 0 spiro atoms. The zero-order valence-electron chi connectivity index (χ0n) is 15.7. The number of ether oxygens (including phenoxy) is 1. The number of hydrogen-bond acceptors (Lipinski definition) is 3. The minimum absolute atomic E-state index is 0.0127. The topological polar surface area (TPSA) is 41.6 Å². The smallest absolute Gasteiger partial charge is 0.251 e. The number of hydrogen-bond donors (Lipinski definition) is 1. The van der Waals surface area contributed by atoms with Crippen molar-refractivity contribution in [3.8, 4) is 0 Å². The fraction of sp³-hybridized carbons (Fsp3) is 0.409. The molecule has 0 saturated carbocycles. The summed E-state index contributed by atoms with van der Waals surface area (Å²) in [5.41, 5.74) is 4.27. The molecule has 4 heteroatoms. The first-order chi connectivity index (χ1) is 12.7. The van der Waals surface area contributed by atoms with Gasteiger partial charge in [0.1, 0.15) is 0 Å². The van der Waals surface area contributed by atoms with Crippen LogP contribution in [0.15, 0.2) is 48.5 Å². The van der Waals surface area contributed by atoms with Gasteiger partial charge in [0, 0.05) is 25.2 Å². The van der Waals surface area contributed by atoms with Crippen LogP contribution in [0.3, 0.4) is 0 Å². The van der Waals surface area contributed by atoms with E-state index >= 15 is 0 Å². The van der Waals surface area contributed by atoms with E-state index in [0.29, 0.717) is 0 Å². The van der Waals surface area contributed by atoms with Crippen molar-refractivity contribution in [3.05, 3.63) is 70.8 Å². The summed E-state index contributed by atoms with van der Waals surface area (Å²) in [5.74, 6) is -0.0127. The van der Waals surface area contributed by atoms with Gasteiger partial charge in [-0.2, -0.15) is 0 Å². The van der Waals surface area contributed by atoms with Crippen LogP contribution in [-0.2, 0) is 11.3 Å². The van der Waals surface area contributed by atoms with E-state index in [1.165, 1.54) is 11.1 Å². The molecular weight excluding hydrogens is 324 g/mol. The van der Waals surface area contributed by atoms with Crippen LogP contribution in [0, 0.1) is 6.92 Å². The van der Waals surface area contributed by atoms with Crippen molar-refractivity contribution in [2.45, 2.75) is 32.9 Å². The quantitative estimate of drug-likeness (QED) is 0.862. The van der Waals surface area contributed by atoms with Gasteiger partial charge in [0.15, 0.2) is 0 Å². The van der Waals surface area contributed by atoms with Gasteiger partial charge >= 0.3 is 0 Å². The number of morpholine rings is 1. The normalized spacial score (nSPS) is 16.2. The Hall–Kier alpha value is -2.17. The molecule has 1 aliphatic rings. The molecule has 0 bridgehead atoms. The van der Waals surface area contributed by atoms with E-state index in [2.05, 4.69) is 54.4 Å². The predicted octanol–water partition coefficient (Wildman–Crippen LogP) is 3.71. The Morgan fingerprint density at radius 2 is 1.88 bits per heavy atom. The highest BCUT2D eigenvalue weighted by molar-refractivity contribution is 5.94. The molecule has 0 aromatic heterocycles. The molecule has 1 saturated heterocycles. The Kier molecular flexibility index (Phi) is 6.42. The summed E-state index contributed by atoms with van der Waals surface area (Å²) in [6, 6.07) is 16.4. The summed E-state index contributed by atoms with van der Waals surface area (Å²) < 4.78 is 5.40. The largest absolute Gasteiger partial charge is 0.379 e. The molecule has 1 aliphatic heterocycles. The second-order valence-corrected chi connectivity index (χ2v) is 6.93. The van der Waals surface area contributed by atoms with Gasteiger partial charge in [-0.05, 0) is 36.6 Å². The number of nitrogens with zero attached hydrogens (tertiary/aromatic N) is 1. The van der Waals surface area contributed by atoms with Crippen LogP contribution >= 0.6 is 0 Å². The van der Waals surface area contributed by atoms with E-state index in [-0.39, 0.29) is 11.9 Å². The zero-order valence-corrected chi connectivity index (χ0v) is 15.7. The molecular formula is C22H28N2O2. The van der Waals surface area contributed by atoms with Crippen LogP contribution in [0.25, 0.3) is 0 Å². The van der Waals surface area contributed by atoms with Crippen molar-refractivity contribution in [2.75, 3.05) is 26.3 Å². The maximum absolute atomic E-state index is 12.8. The molecule has 1 atom stereocenters. The average molecular weight is 352 g/mol. The first kappa shape index (κ1) is 18.6. The average Bonchev–Trinajstić information content (AvgIpc) is 2.68. The number of amides is 1. The van der Waals surface area contributed by atoms with Gasteiger partial charge in [-0.25, -0.2) is 0 Å². The number of rotatable bonds is 6. The molecule has 0 radical (unpaired) electrons. The maximum atomic E-state index is 12.8. The Labute approximate surface area is 156 Å². The number of aryl methyl sites for hydroxylation is 1. The molecule has 1 N–H and O–H groups in total. The second-order valence-electron chi connectivity index (χ2n) is 6.93. The second kappa shape index (κ2) is 8.97. The standard InChI is InChI=1S/C22H28N2O2/c1-3-21(19-9-7-17(2)8-10-19)23-22(25)20-6-4-5-18(15-20)16-24-11-13-26-14-12-24/h4-10,15,21H,3,11-14,16H2,1-2H3,(H,23,25)/t21-/m0/s1. The maximum Gasteiger partial charge on any atom is 0.251 e. The van der Waals surface area contributed by atoms with Gasteiger partial charge in [-0.15, -0.1) is 0 Å². The summed E-state index contributed by atoms with van der Waals surface area (Å²) in [4.78, 5) is 15.1. The third-order valence-corrected chi connectivity index (χ3v) is 4.89. The molecule has 4 nitrogen and oxygen atoms in total. The van der Waals surface area contributed by atoms with Gasteiger partial charge in [-0.1, -0.05) is 48.9 Å². The molecule has 1 heterocycles. The van der Waals surface area contributed by atoms with Gasteiger partial charge in [-0.3, -0.25) is 9.69 Å². The van der Waals surface area contributed by atoms with Gasteiger partial charge in [0.05, 0.1) is 19.3 Å². The molecule has 2 aromatic rings. The lowest BCUT2D eigenvalue weighted by Gasteiger charge is -2.26. The van der Waals surface area contributed by atoms with Crippen molar-refractivity contribution in [2.24, 2.45) is 0 Å². The summed E-state index contributed by atoms with van der Waals surface area (Å²) >= 11 is 0. The van der Waals surface area contributed by atoms with Crippen molar-refractivity contribution < 1.29 is 9.53 Å². The third-order valence-electron chi connectivity index (χ3n) is 4.89. The van der Waals surface area contributed by atoms with Crippen LogP contribution < -0.4 is 5.32 Å². The molecule has 0 aliphatic carbocycles. The van der Waals surface area contributed by atoms with Gasteiger partial charge < -0.3 is 10.1 Å². The number of benzene rings is 2. The fourth-order valence-corrected chi connectivity index (χ4v) is 3.29. The fourth-order valence-electron chi connectivity index (χ4n) is 3.29. The van der Waals surface area contributed by atoms with E-state index < -0.39 is 0 Å². The van der Waals surface area contributed by atoms with E-state index in [9.17, 15) is 4.79 Å². The van der Waals surface area contributed by atoms with E-state index in [0.717, 1.165) is 50.4 Å². The first-order valence-electron chi connectivity index (χ1n) is 9.42. The highest BCUT2D eigenvalue weighted by Crippen LogP contribution is 2.18. The Balaban J connectivity index is 1.66. The summed E-state index contributed by atoms with van der Waals surface area (Å²) in [7, 11) is 0. The number of nitrogens with one attached hydrogen (secondary N) is 1. The van der Waals surface area contributed by atoms with E-state index in [1.807, 2.05) is 18.2 Å². The highest BCUT2D eigenvalue weighted by atomic mass is 16.5. The highest BCUT2D eigenvalue weighted by Gasteiger charge is 2.15. The number of carbonyl (C=O) groups excluding carboxylic acids is 1. The van der Waals surface area contributed by atoms with Gasteiger partial charge in [0.2, 0.25) is 0 Å². The van der Waals surface area contributed by atoms with Crippen LogP contribution in [-0.4, -0.2) is 37.1 Å². The molecule has 26 heavy (non-hydrogen) atoms. The molecule has 2 aromatic carbocycles. The molecule has 1 amide bonds. The van der Waals surface area contributed by atoms with Crippen molar-refractivity contribution in [3.63, 3.8) is 0 Å². The summed E-state index contributed by atoms with van der Waals surface area (Å²) in [6.07, 6.45) is 0.863. The molecule has 3 rings (SSSR count). The minimum Gasteiger partial charge on any atom is -0.379 e. The van der Waals surface area contributed by atoms with Crippen molar-refractivity contribution in [1.82, 2.24) is 10.2 Å². The van der Waals surface area contributed by atoms with Crippen LogP contribution in [0.4, 0.5) is 0 Å². The monoisotopic (exact) mass is 352 g/mol. The van der Waals surface area contributed by atoms with Crippen molar-refractivity contribution in [1.29, 1.82) is 0 Å². The summed E-state index contributed by atoms with van der Waals surface area (Å²) in [6.45, 7) is 8.50. The summed E-state index contributed by atoms with van der Waals surface area (Å²) in [5, 5.41) is 3.18. The van der Waals surface area contributed by atoms with Crippen LogP contribution in [0.1, 0.15) is 46.4 Å². The molecule has 138 valence electrons. The van der Waals surface area contributed by atoms with Gasteiger partial charge in [0.25, 0.3) is 5.91 Å². The van der Waals surface area contributed by atoms with Crippen LogP contribution in [0.2, 0.25) is 0 Å². The predicted molar refractivity (Wildman–Crippen MR) is 104 cm³/mol. The lowest BCUT2D eigenvalue weighted by atomic mass is 10.0. The third kappa shape index (κ3) is 4.93. The van der Waals surface area contributed by atoms with E-state index in [1.54, 1.807) is 0 Å². The van der Waals surface area contributed by atoms with Crippen molar-refractivity contribution >= 4 is 5.91 Å². The number of carbonyl (C=O) groups is 1. The van der Waals surface area contributed by atoms with E-state index in [4.69, 9.17) is 4.74 Å². The SMILES string of the molecule is CC[C@H](NC(=O)c1cccc(CN2CCOCC2)c1)c1ccc(C)cc1. The minimum atomic E-state index is -0.0127. The van der Waals surface area contributed by atoms with Crippen LogP contribution in [0.5, 0.6) is 0 Å². The molecule has 1 fully saturated rings.